The van der Waals surface area contributed by atoms with Crippen molar-refractivity contribution in [3.05, 3.63) is 29.3 Å². The van der Waals surface area contributed by atoms with E-state index >= 15 is 0 Å². The highest BCUT2D eigenvalue weighted by molar-refractivity contribution is 5.38. The molecule has 0 radical (unpaired) electrons. The smallest absolute Gasteiger partial charge is 0.124 e. The Bertz CT molecular complexity index is 352. The second-order valence-electron chi connectivity index (χ2n) is 4.36. The van der Waals surface area contributed by atoms with Crippen LogP contribution >= 0.6 is 0 Å². The Morgan fingerprint density at radius 2 is 2.06 bits per heavy atom. The van der Waals surface area contributed by atoms with Crippen LogP contribution in [0.1, 0.15) is 44.4 Å². The minimum atomic E-state index is 0.339. The summed E-state index contributed by atoms with van der Waals surface area (Å²) in [6, 6.07) is 6.65. The Morgan fingerprint density at radius 1 is 1.28 bits per heavy atom. The van der Waals surface area contributed by atoms with Crippen LogP contribution in [0.2, 0.25) is 0 Å². The summed E-state index contributed by atoms with van der Waals surface area (Å²) in [5.74, 6) is 0.931. The SMILES string of the molecule is CCCOCc1cc(C(C)NC)ccc1OCC. The van der Waals surface area contributed by atoms with Crippen LogP contribution in [0.15, 0.2) is 18.2 Å². The summed E-state index contributed by atoms with van der Waals surface area (Å²) in [5.41, 5.74) is 2.39. The van der Waals surface area contributed by atoms with E-state index < -0.39 is 0 Å². The Labute approximate surface area is 110 Å². The normalized spacial score (nSPS) is 12.4. The van der Waals surface area contributed by atoms with Crippen molar-refractivity contribution >= 4 is 0 Å². The van der Waals surface area contributed by atoms with Crippen LogP contribution in [0.4, 0.5) is 0 Å². The van der Waals surface area contributed by atoms with Crippen molar-refractivity contribution in [1.82, 2.24) is 5.32 Å². The summed E-state index contributed by atoms with van der Waals surface area (Å²) in [6.45, 7) is 8.35. The Hall–Kier alpha value is -1.06. The molecule has 0 spiro atoms. The lowest BCUT2D eigenvalue weighted by molar-refractivity contribution is 0.119. The van der Waals surface area contributed by atoms with Crippen LogP contribution in [0, 0.1) is 0 Å². The van der Waals surface area contributed by atoms with E-state index in [0.29, 0.717) is 19.3 Å². The number of nitrogens with one attached hydrogen (secondary N) is 1. The van der Waals surface area contributed by atoms with E-state index in [1.165, 1.54) is 5.56 Å². The molecule has 1 aromatic rings. The van der Waals surface area contributed by atoms with Gasteiger partial charge in [0.2, 0.25) is 0 Å². The van der Waals surface area contributed by atoms with Crippen LogP contribution in [0.3, 0.4) is 0 Å². The van der Waals surface area contributed by atoms with Crippen LogP contribution in [-0.4, -0.2) is 20.3 Å². The standard InChI is InChI=1S/C15H25NO2/c1-5-9-17-11-14-10-13(12(3)16-4)7-8-15(14)18-6-2/h7-8,10,12,16H,5-6,9,11H2,1-4H3. The maximum Gasteiger partial charge on any atom is 0.124 e. The van der Waals surface area contributed by atoms with E-state index in [9.17, 15) is 0 Å². The molecule has 102 valence electrons. The highest BCUT2D eigenvalue weighted by Gasteiger charge is 2.08. The number of hydrogen-bond donors (Lipinski definition) is 1. The van der Waals surface area contributed by atoms with Gasteiger partial charge in [-0.2, -0.15) is 0 Å². The van der Waals surface area contributed by atoms with Gasteiger partial charge in [-0.3, -0.25) is 0 Å². The number of hydrogen-bond acceptors (Lipinski definition) is 3. The first-order valence-electron chi connectivity index (χ1n) is 6.73. The van der Waals surface area contributed by atoms with Crippen molar-refractivity contribution in [3.63, 3.8) is 0 Å². The largest absolute Gasteiger partial charge is 0.494 e. The molecule has 1 rings (SSSR count). The van der Waals surface area contributed by atoms with E-state index in [0.717, 1.165) is 24.3 Å². The van der Waals surface area contributed by atoms with E-state index in [-0.39, 0.29) is 0 Å². The van der Waals surface area contributed by atoms with E-state index in [2.05, 4.69) is 31.3 Å². The molecule has 0 aromatic heterocycles. The first kappa shape index (κ1) is 15.0. The summed E-state index contributed by atoms with van der Waals surface area (Å²) in [4.78, 5) is 0. The first-order chi connectivity index (χ1) is 8.72. The summed E-state index contributed by atoms with van der Waals surface area (Å²) < 4.78 is 11.3. The Balaban J connectivity index is 2.84. The van der Waals surface area contributed by atoms with Gasteiger partial charge in [0.1, 0.15) is 5.75 Å². The fourth-order valence-corrected chi connectivity index (χ4v) is 1.77. The molecular formula is C15H25NO2. The maximum absolute atomic E-state index is 5.64. The molecular weight excluding hydrogens is 226 g/mol. The third kappa shape index (κ3) is 4.31. The van der Waals surface area contributed by atoms with Gasteiger partial charge in [0.25, 0.3) is 0 Å². The molecule has 0 aliphatic carbocycles. The quantitative estimate of drug-likeness (QED) is 0.719. The predicted octanol–water partition coefficient (Wildman–Crippen LogP) is 3.29. The predicted molar refractivity (Wildman–Crippen MR) is 75.0 cm³/mol. The van der Waals surface area contributed by atoms with Crippen LogP contribution in [-0.2, 0) is 11.3 Å². The van der Waals surface area contributed by atoms with Crippen LogP contribution in [0.5, 0.6) is 5.75 Å². The van der Waals surface area contributed by atoms with Gasteiger partial charge in [0, 0.05) is 18.2 Å². The molecule has 0 aliphatic heterocycles. The highest BCUT2D eigenvalue weighted by atomic mass is 16.5. The van der Waals surface area contributed by atoms with E-state index in [1.54, 1.807) is 0 Å². The van der Waals surface area contributed by atoms with Crippen LogP contribution in [0.25, 0.3) is 0 Å². The van der Waals surface area contributed by atoms with Gasteiger partial charge in [-0.15, -0.1) is 0 Å². The van der Waals surface area contributed by atoms with Gasteiger partial charge in [-0.25, -0.2) is 0 Å². The fraction of sp³-hybridized carbons (Fsp3) is 0.600. The molecule has 0 aliphatic rings. The molecule has 0 fully saturated rings. The van der Waals surface area contributed by atoms with Crippen molar-refractivity contribution < 1.29 is 9.47 Å². The molecule has 0 saturated heterocycles. The van der Waals surface area contributed by atoms with Gasteiger partial charge in [-0.1, -0.05) is 13.0 Å². The monoisotopic (exact) mass is 251 g/mol. The average Bonchev–Trinajstić information content (AvgIpc) is 2.40. The summed E-state index contributed by atoms with van der Waals surface area (Å²) in [6.07, 6.45) is 1.04. The third-order valence-electron chi connectivity index (χ3n) is 2.92. The molecule has 0 amide bonds. The first-order valence-corrected chi connectivity index (χ1v) is 6.73. The fourth-order valence-electron chi connectivity index (χ4n) is 1.77. The molecule has 0 heterocycles. The molecule has 0 bridgehead atoms. The Morgan fingerprint density at radius 3 is 2.67 bits per heavy atom. The van der Waals surface area contributed by atoms with Crippen molar-refractivity contribution in [3.8, 4) is 5.75 Å². The van der Waals surface area contributed by atoms with Crippen molar-refractivity contribution in [2.45, 2.75) is 39.8 Å². The van der Waals surface area contributed by atoms with Gasteiger partial charge in [0.15, 0.2) is 0 Å². The molecule has 18 heavy (non-hydrogen) atoms. The molecule has 0 saturated carbocycles. The number of benzene rings is 1. The minimum absolute atomic E-state index is 0.339. The molecule has 1 N–H and O–H groups in total. The maximum atomic E-state index is 5.64. The van der Waals surface area contributed by atoms with Crippen molar-refractivity contribution in [1.29, 1.82) is 0 Å². The van der Waals surface area contributed by atoms with Gasteiger partial charge in [0.05, 0.1) is 13.2 Å². The van der Waals surface area contributed by atoms with Gasteiger partial charge < -0.3 is 14.8 Å². The van der Waals surface area contributed by atoms with E-state index in [4.69, 9.17) is 9.47 Å². The summed E-state index contributed by atoms with van der Waals surface area (Å²) >= 11 is 0. The molecule has 1 unspecified atom stereocenters. The zero-order valence-electron chi connectivity index (χ0n) is 12.0. The van der Waals surface area contributed by atoms with Gasteiger partial charge in [-0.05, 0) is 45.0 Å². The molecule has 1 atom stereocenters. The number of rotatable bonds is 8. The third-order valence-corrected chi connectivity index (χ3v) is 2.92. The highest BCUT2D eigenvalue weighted by Crippen LogP contribution is 2.24. The lowest BCUT2D eigenvalue weighted by atomic mass is 10.0. The van der Waals surface area contributed by atoms with Crippen molar-refractivity contribution in [2.24, 2.45) is 0 Å². The Kier molecular flexibility index (Phi) is 6.76. The zero-order valence-corrected chi connectivity index (χ0v) is 12.0. The van der Waals surface area contributed by atoms with Crippen molar-refractivity contribution in [2.75, 3.05) is 20.3 Å². The lowest BCUT2D eigenvalue weighted by Crippen LogP contribution is -2.13. The summed E-state index contributed by atoms with van der Waals surface area (Å²) in [5, 5.41) is 3.25. The second kappa shape index (κ2) is 8.11. The molecule has 3 nitrogen and oxygen atoms in total. The number of ether oxygens (including phenoxy) is 2. The lowest BCUT2D eigenvalue weighted by Gasteiger charge is -2.16. The second-order valence-corrected chi connectivity index (χ2v) is 4.36. The molecule has 3 heteroatoms. The average molecular weight is 251 g/mol. The van der Waals surface area contributed by atoms with E-state index in [1.807, 2.05) is 20.0 Å². The molecule has 1 aromatic carbocycles. The topological polar surface area (TPSA) is 30.5 Å². The van der Waals surface area contributed by atoms with Crippen LogP contribution < -0.4 is 10.1 Å². The summed E-state index contributed by atoms with van der Waals surface area (Å²) in [7, 11) is 1.97. The zero-order chi connectivity index (χ0) is 13.4. The van der Waals surface area contributed by atoms with Gasteiger partial charge >= 0.3 is 0 Å². The minimum Gasteiger partial charge on any atom is -0.494 e.